The number of quaternary nitrogens is 1. The predicted molar refractivity (Wildman–Crippen MR) is 498 cm³/mol. The maximum Gasteiger partial charge on any atom is 0.333 e. The van der Waals surface area contributed by atoms with Gasteiger partial charge in [0.05, 0.1) is 25.0 Å². The van der Waals surface area contributed by atoms with Crippen LogP contribution in [0.3, 0.4) is 0 Å². The summed E-state index contributed by atoms with van der Waals surface area (Å²) in [7, 11) is 0. The van der Waals surface area contributed by atoms with E-state index >= 15 is 0 Å². The monoisotopic (exact) mass is 1810 g/mol. The molecule has 4 bridgehead atoms. The smallest absolute Gasteiger partial charge is 0.333 e. The zero-order chi connectivity index (χ0) is 86.7. The number of para-hydroxylation sites is 2. The van der Waals surface area contributed by atoms with Gasteiger partial charge in [-0.1, -0.05) is 106 Å². The molecule has 123 heavy (non-hydrogen) atoms. The van der Waals surface area contributed by atoms with Crippen molar-refractivity contribution < 1.29 is 59.6 Å². The summed E-state index contributed by atoms with van der Waals surface area (Å²) in [6, 6.07) is 38.8. The third-order valence-corrected chi connectivity index (χ3v) is 21.4. The molecule has 602 valence electrons. The summed E-state index contributed by atoms with van der Waals surface area (Å²) in [5, 5.41) is 21.3. The van der Waals surface area contributed by atoms with Gasteiger partial charge in [-0.25, -0.2) is 9.59 Å². The number of carbonyl (C=O) groups is 5. The maximum absolute atomic E-state index is 13.8. The van der Waals surface area contributed by atoms with Crippen molar-refractivity contribution in [2.75, 3.05) is 68.4 Å². The van der Waals surface area contributed by atoms with Crippen molar-refractivity contribution in [2.24, 2.45) is 11.8 Å². The largest absolute Gasteiger partial charge is 1.00 e. The van der Waals surface area contributed by atoms with Gasteiger partial charge in [-0.05, 0) is 330 Å². The number of hydrogen-bond donors (Lipinski definition) is 2. The first kappa shape index (κ1) is 97.5. The Hall–Kier alpha value is -14.4. The van der Waals surface area contributed by atoms with Gasteiger partial charge in [0.15, 0.2) is 24.0 Å². The fourth-order valence-corrected chi connectivity index (χ4v) is 15.8. The predicted octanol–water partition coefficient (Wildman–Crippen LogP) is 12.5. The van der Waals surface area contributed by atoms with Gasteiger partial charge in [-0.2, -0.15) is 22.7 Å². The van der Waals surface area contributed by atoms with E-state index in [4.69, 9.17) is 15.9 Å². The average Bonchev–Trinajstić information content (AvgIpc) is 1.16. The third kappa shape index (κ3) is 36.4. The number of terminal acetylenes is 1. The Balaban J connectivity index is 0.000000244. The molecule has 4 aromatic carbocycles. The number of carbonyl (C=O) groups excluding carboxylic acids is 5. The Kier molecular flexibility index (Phi) is 46.4. The van der Waals surface area contributed by atoms with Gasteiger partial charge in [0, 0.05) is 110 Å². The number of hydrogen-bond acceptors (Lipinski definition) is 15. The van der Waals surface area contributed by atoms with Crippen molar-refractivity contribution >= 4 is 122 Å². The molecular weight excluding hydrogens is 1730 g/mol. The van der Waals surface area contributed by atoms with Crippen molar-refractivity contribution in [2.45, 2.75) is 84.6 Å². The molecule has 6 aliphatic heterocycles. The Morgan fingerprint density at radius 1 is 0.463 bits per heavy atom. The van der Waals surface area contributed by atoms with Crippen molar-refractivity contribution in [3.8, 4) is 237 Å². The molecule has 2 unspecified atom stereocenters. The van der Waals surface area contributed by atoms with E-state index in [1.54, 1.807) is 73.0 Å². The quantitative estimate of drug-likeness (QED) is 0.0239. The fourth-order valence-electron chi connectivity index (χ4n) is 12.1. The molecule has 4 atom stereocenters. The number of benzene rings is 4. The molecule has 0 saturated carbocycles. The number of halogens is 2. The van der Waals surface area contributed by atoms with Crippen LogP contribution in [-0.2, 0) is 28.6 Å². The zero-order valence-corrected chi connectivity index (χ0v) is 74.2. The number of ether oxygens (including phenoxy) is 3. The fraction of sp³-hybridized carbons (Fsp3) is 0.229. The molecule has 4 aromatic heterocycles. The van der Waals surface area contributed by atoms with Crippen LogP contribution in [0.1, 0.15) is 104 Å². The second-order valence-electron chi connectivity index (χ2n) is 25.5. The number of nitrogens with one attached hydrogen (secondary N) is 2. The molecule has 0 radical (unpaired) electrons. The van der Waals surface area contributed by atoms with E-state index in [-0.39, 0.29) is 58.7 Å². The van der Waals surface area contributed by atoms with E-state index in [1.807, 2.05) is 119 Å². The number of esters is 3. The molecule has 12 nitrogen and oxygen atoms in total. The molecule has 6 aliphatic rings. The molecule has 0 aliphatic carbocycles. The lowest BCUT2D eigenvalue weighted by Gasteiger charge is -2.51. The normalized spacial score (nSPS) is 15.0. The molecule has 6 saturated heterocycles. The second-order valence-corrected chi connectivity index (χ2v) is 29.5. The number of alkyl halides is 1. The summed E-state index contributed by atoms with van der Waals surface area (Å²) in [5.74, 6) is 98.1. The lowest BCUT2D eigenvalue weighted by molar-refractivity contribution is -0.938. The Morgan fingerprint density at radius 2 is 0.813 bits per heavy atom. The molecule has 10 heterocycles. The van der Waals surface area contributed by atoms with E-state index in [0.29, 0.717) is 36.9 Å². The van der Waals surface area contributed by atoms with Gasteiger partial charge in [0.1, 0.15) is 19.2 Å². The van der Waals surface area contributed by atoms with Crippen LogP contribution in [0.2, 0.25) is 0 Å². The van der Waals surface area contributed by atoms with E-state index in [9.17, 15) is 24.0 Å². The van der Waals surface area contributed by atoms with Crippen molar-refractivity contribution in [1.29, 1.82) is 0 Å². The molecular formula is C105H76Br2N4O8S4. The molecule has 6 fully saturated rings. The van der Waals surface area contributed by atoms with Crippen LogP contribution in [0.4, 0.5) is 11.4 Å². The Morgan fingerprint density at radius 3 is 1.14 bits per heavy atom. The van der Waals surface area contributed by atoms with E-state index in [2.05, 4.69) is 302 Å². The summed E-state index contributed by atoms with van der Waals surface area (Å²) < 4.78 is 19.9. The molecule has 0 spiro atoms. The number of ketones is 2. The van der Waals surface area contributed by atoms with Crippen molar-refractivity contribution in [3.05, 3.63) is 176 Å². The van der Waals surface area contributed by atoms with Crippen LogP contribution < -0.4 is 27.6 Å². The Labute approximate surface area is 758 Å². The number of anilines is 2. The van der Waals surface area contributed by atoms with Crippen LogP contribution >= 0.6 is 61.3 Å². The van der Waals surface area contributed by atoms with E-state index in [1.165, 1.54) is 11.6 Å². The average molecular weight is 1810 g/mol. The lowest BCUT2D eigenvalue weighted by Crippen LogP contribution is -3.00. The topological polar surface area (TPSA) is 140 Å². The standard InChI is InChI=1S/C29H29N2O3S2.C24H6.C23H24N2O2S.C19H4.C6H5BrOS.C4H8O2.BrH/c32-25(21-12-15-35-18-21)16-31-13-10-20(11-14-31)26(17-31)34-29(33)28(30-22-6-2-1-3-7-22)24-19-36-27-9-5-4-8-23(24)27;1-3-5-7-9-11-13-15-17-19-21-23-24-22-20-18-16-14-12-10-8-6-4-2;26-23(27-20-14-25-12-10-16(20)11-13-25)22(24-17-6-2-1-3-7-17)19-15-28-21-9-5-4-8-18(19)21;1-3-5-7-9-11-13-15-17-19-18-16-14-12-10-8-6-4-2;7-3-6(8)5-1-2-9-4-5;1-3-6-4(2)5;/h1-9,12,15,18-20,26,28,30H,10-11,13-14,16-17H2;1-2H3;1-9,15-16,20,22,24H,10-14H2;1H,2H3;1-2,4H,3H2;3H2,1-2H3;1H/q+1;;;;;;/p-1/t20?,26-,28?,31?;;20-,22?;;;;/m0.0..../s1. The van der Waals surface area contributed by atoms with Crippen molar-refractivity contribution in [3.63, 3.8) is 0 Å². The van der Waals surface area contributed by atoms with Gasteiger partial charge in [-0.3, -0.25) is 19.3 Å². The highest BCUT2D eigenvalue weighted by Crippen LogP contribution is 2.40. The third-order valence-electron chi connectivity index (χ3n) is 17.6. The summed E-state index contributed by atoms with van der Waals surface area (Å²) in [6.07, 6.45) is 9.00. The van der Waals surface area contributed by atoms with Crippen LogP contribution in [0.15, 0.2) is 154 Å². The molecule has 18 heteroatoms. The summed E-state index contributed by atoms with van der Waals surface area (Å²) in [4.78, 5) is 63.2. The Bertz CT molecular complexity index is 6310. The first-order valence-electron chi connectivity index (χ1n) is 37.9. The van der Waals surface area contributed by atoms with Gasteiger partial charge < -0.3 is 46.3 Å². The van der Waals surface area contributed by atoms with Gasteiger partial charge in [0.25, 0.3) is 0 Å². The minimum Gasteiger partial charge on any atom is -1.00 e. The molecule has 8 aromatic rings. The summed E-state index contributed by atoms with van der Waals surface area (Å²) in [6.45, 7) is 15.1. The highest BCUT2D eigenvalue weighted by Gasteiger charge is 2.49. The number of fused-ring (bicyclic) bond motifs is 8. The number of piperidine rings is 6. The number of rotatable bonds is 16. The van der Waals surface area contributed by atoms with Gasteiger partial charge in [-0.15, -0.1) is 29.1 Å². The van der Waals surface area contributed by atoms with Crippen molar-refractivity contribution in [1.82, 2.24) is 4.90 Å². The first-order valence-corrected chi connectivity index (χ1v) is 42.6. The molecule has 14 rings (SSSR count). The van der Waals surface area contributed by atoms with E-state index in [0.717, 1.165) is 112 Å². The van der Waals surface area contributed by atoms with Crippen LogP contribution in [0, 0.1) is 249 Å². The van der Waals surface area contributed by atoms with Gasteiger partial charge in [0.2, 0.25) is 5.78 Å². The second kappa shape index (κ2) is 58.5. The van der Waals surface area contributed by atoms with Crippen LogP contribution in [0.5, 0.6) is 0 Å². The summed E-state index contributed by atoms with van der Waals surface area (Å²) >= 11 is 9.51. The highest BCUT2D eigenvalue weighted by atomic mass is 79.9. The summed E-state index contributed by atoms with van der Waals surface area (Å²) in [5.41, 5.74) is 5.35. The molecule has 0 amide bonds. The van der Waals surface area contributed by atoms with Gasteiger partial charge >= 0.3 is 17.9 Å². The number of nitrogens with zero attached hydrogens (tertiary/aromatic N) is 2. The number of thiophene rings is 4. The highest BCUT2D eigenvalue weighted by molar-refractivity contribution is 9.09. The SMILES string of the molecule is C#CC#CC#CC#CC#CC#CC#CC#CC#CC.CC#CC#CC#CC#CC#CC#CC#CC#CC#CC#CC#CC.CCOC(C)=O.O=C(CBr)c1ccsc1.O=C(C[N+]12CCC(CC1)[C@@H](OC(=O)C(Nc1ccccc1)c1csc3ccccc13)C2)c1ccsc1.O=C(O[C@H]1CN2CCC1CC2)C(Nc1ccccc1)c1csc2ccccc12.[Br-]. The maximum atomic E-state index is 13.8. The first-order chi connectivity index (χ1) is 59.8. The lowest BCUT2D eigenvalue weighted by atomic mass is 9.82. The molecule has 2 N–H and O–H groups in total. The minimum atomic E-state index is -0.597. The van der Waals surface area contributed by atoms with E-state index < -0.39 is 12.1 Å². The zero-order valence-electron chi connectivity index (χ0n) is 67.8. The van der Waals surface area contributed by atoms with Crippen LogP contribution in [-0.4, -0.2) is 109 Å². The minimum absolute atomic E-state index is 0. The number of Topliss-reactive ketones (excluding diaryl/α,β-unsaturated/α-hetero) is 2. The van der Waals surface area contributed by atoms with Crippen LogP contribution in [0.25, 0.3) is 20.2 Å².